The van der Waals surface area contributed by atoms with Gasteiger partial charge in [-0.15, -0.1) is 0 Å². The van der Waals surface area contributed by atoms with Gasteiger partial charge in [0.15, 0.2) is 0 Å². The highest BCUT2D eigenvalue weighted by molar-refractivity contribution is 6.11. The third-order valence-electron chi connectivity index (χ3n) is 12.4. The quantitative estimate of drug-likeness (QED) is 0.152. The number of rotatable bonds is 8. The van der Waals surface area contributed by atoms with Crippen LogP contribution >= 0.6 is 0 Å². The van der Waals surface area contributed by atoms with Crippen molar-refractivity contribution in [2.24, 2.45) is 0 Å². The van der Waals surface area contributed by atoms with Gasteiger partial charge in [0.1, 0.15) is 11.5 Å². The van der Waals surface area contributed by atoms with E-state index in [-0.39, 0.29) is 0 Å². The molecule has 11 aromatic rings. The van der Waals surface area contributed by atoms with E-state index >= 15 is 0 Å². The van der Waals surface area contributed by atoms with Crippen molar-refractivity contribution in [3.8, 4) is 44.9 Å². The lowest BCUT2D eigenvalue weighted by Gasteiger charge is -2.30. The molecule has 63 heavy (non-hydrogen) atoms. The zero-order valence-corrected chi connectivity index (χ0v) is 34.4. The van der Waals surface area contributed by atoms with E-state index in [9.17, 15) is 0 Å². The molecule has 0 unspecified atom stereocenters. The molecule has 0 aromatic heterocycles. The lowest BCUT2D eigenvalue weighted by atomic mass is 9.93. The largest absolute Gasteiger partial charge is 0.456 e. The number of ether oxygens (including phenoxy) is 1. The Bertz CT molecular complexity index is 3300. The summed E-state index contributed by atoms with van der Waals surface area (Å²) in [5.74, 6) is 1.70. The molecule has 0 radical (unpaired) electrons. The van der Waals surface area contributed by atoms with Crippen LogP contribution in [-0.2, 0) is 0 Å². The molecule has 12 rings (SSSR count). The van der Waals surface area contributed by atoms with Gasteiger partial charge in [-0.2, -0.15) is 0 Å². The molecule has 0 bridgehead atoms. The average molecular weight is 805 g/mol. The van der Waals surface area contributed by atoms with Crippen LogP contribution in [0.5, 0.6) is 11.5 Å². The van der Waals surface area contributed by atoms with Crippen LogP contribution in [0.3, 0.4) is 0 Å². The maximum absolute atomic E-state index is 6.80. The Hall–Kier alpha value is -8.40. The van der Waals surface area contributed by atoms with Gasteiger partial charge in [0.25, 0.3) is 0 Å². The highest BCUT2D eigenvalue weighted by Gasteiger charge is 2.26. The summed E-state index contributed by atoms with van der Waals surface area (Å²) in [4.78, 5) is 4.69. The van der Waals surface area contributed by atoms with Crippen molar-refractivity contribution in [2.75, 3.05) is 9.80 Å². The second-order valence-electron chi connectivity index (χ2n) is 16.1. The summed E-state index contributed by atoms with van der Waals surface area (Å²) in [7, 11) is 0. The standard InChI is InChI=1S/C60H40N2O/c1-3-18-45(19-4-1)62(46-20-5-2-6-21-46)57-37-39-59-60-54(26-13-27-55(57)60)56-40-49(36-38-58(56)63-59)61(47-32-28-43(29-33-47)52-24-11-16-41-14-7-9-22-50(41)52)48-34-30-44(31-35-48)53-25-12-17-42-15-8-10-23-51(42)53/h1-40H. The molecule has 11 aromatic carbocycles. The van der Waals surface area contributed by atoms with Crippen LogP contribution in [0.25, 0.3) is 65.7 Å². The second kappa shape index (κ2) is 15.3. The number of nitrogens with zero attached hydrogens (tertiary/aromatic N) is 2. The Morgan fingerprint density at radius 1 is 0.270 bits per heavy atom. The summed E-state index contributed by atoms with van der Waals surface area (Å²) in [6, 6.07) is 87.0. The summed E-state index contributed by atoms with van der Waals surface area (Å²) in [6.45, 7) is 0. The first-order chi connectivity index (χ1) is 31.2. The molecule has 0 saturated heterocycles. The normalized spacial score (nSPS) is 11.6. The molecular formula is C60H40N2O. The van der Waals surface area contributed by atoms with Crippen LogP contribution in [0.1, 0.15) is 0 Å². The SMILES string of the molecule is c1ccc(N(c2ccccc2)c2ccc3c4c(cccc24)-c2cc(N(c4ccc(-c5cccc6ccccc56)cc4)c4ccc(-c5cccc6ccccc56)cc4)ccc2O3)cc1. The van der Waals surface area contributed by atoms with Crippen molar-refractivity contribution >= 4 is 66.4 Å². The molecular weight excluding hydrogens is 765 g/mol. The van der Waals surface area contributed by atoms with Crippen LogP contribution in [0, 0.1) is 0 Å². The Morgan fingerprint density at radius 3 is 1.30 bits per heavy atom. The summed E-state index contributed by atoms with van der Waals surface area (Å²) >= 11 is 0. The first-order valence-corrected chi connectivity index (χ1v) is 21.5. The summed E-state index contributed by atoms with van der Waals surface area (Å²) < 4.78 is 6.80. The Balaban J connectivity index is 0.996. The van der Waals surface area contributed by atoms with E-state index in [1.807, 2.05) is 0 Å². The van der Waals surface area contributed by atoms with Gasteiger partial charge in [0.05, 0.1) is 5.69 Å². The molecule has 0 N–H and O–H groups in total. The fourth-order valence-electron chi connectivity index (χ4n) is 9.50. The van der Waals surface area contributed by atoms with Gasteiger partial charge >= 0.3 is 0 Å². The minimum Gasteiger partial charge on any atom is -0.456 e. The zero-order chi connectivity index (χ0) is 41.7. The maximum Gasteiger partial charge on any atom is 0.136 e. The van der Waals surface area contributed by atoms with Gasteiger partial charge in [-0.05, 0) is 128 Å². The zero-order valence-electron chi connectivity index (χ0n) is 34.4. The van der Waals surface area contributed by atoms with Crippen molar-refractivity contribution in [1.82, 2.24) is 0 Å². The molecule has 0 fully saturated rings. The summed E-state index contributed by atoms with van der Waals surface area (Å²) in [5, 5.41) is 7.19. The number of hydrogen-bond acceptors (Lipinski definition) is 3. The van der Waals surface area contributed by atoms with Crippen molar-refractivity contribution < 1.29 is 4.74 Å². The fraction of sp³-hybridized carbons (Fsp3) is 0. The maximum atomic E-state index is 6.80. The topological polar surface area (TPSA) is 15.7 Å². The monoisotopic (exact) mass is 804 g/mol. The van der Waals surface area contributed by atoms with Gasteiger partial charge in [0, 0.05) is 44.8 Å². The lowest BCUT2D eigenvalue weighted by Crippen LogP contribution is -2.11. The number of anilines is 6. The van der Waals surface area contributed by atoms with Gasteiger partial charge in [-0.25, -0.2) is 0 Å². The van der Waals surface area contributed by atoms with E-state index in [4.69, 9.17) is 4.74 Å². The van der Waals surface area contributed by atoms with Crippen molar-refractivity contribution in [1.29, 1.82) is 0 Å². The number of benzene rings is 11. The minimum atomic E-state index is 0.840. The molecule has 1 aliphatic rings. The molecule has 0 saturated carbocycles. The number of hydrogen-bond donors (Lipinski definition) is 0. The van der Waals surface area contributed by atoms with Gasteiger partial charge in [0.2, 0.25) is 0 Å². The number of para-hydroxylation sites is 2. The molecule has 0 atom stereocenters. The van der Waals surface area contributed by atoms with Gasteiger partial charge in [-0.3, -0.25) is 0 Å². The first kappa shape index (κ1) is 36.5. The van der Waals surface area contributed by atoms with E-state index in [2.05, 4.69) is 252 Å². The van der Waals surface area contributed by atoms with E-state index < -0.39 is 0 Å². The number of fused-ring (bicyclic) bond motifs is 4. The minimum absolute atomic E-state index is 0.840. The average Bonchev–Trinajstić information content (AvgIpc) is 3.36. The molecule has 3 nitrogen and oxygen atoms in total. The van der Waals surface area contributed by atoms with Crippen molar-refractivity contribution in [3.05, 3.63) is 243 Å². The van der Waals surface area contributed by atoms with Gasteiger partial charge in [-0.1, -0.05) is 164 Å². The molecule has 0 aliphatic carbocycles. The van der Waals surface area contributed by atoms with Crippen molar-refractivity contribution in [3.63, 3.8) is 0 Å². The highest BCUT2D eigenvalue weighted by Crippen LogP contribution is 2.52. The molecule has 0 amide bonds. The Morgan fingerprint density at radius 2 is 0.714 bits per heavy atom. The van der Waals surface area contributed by atoms with E-state index in [1.165, 1.54) is 43.8 Å². The smallest absolute Gasteiger partial charge is 0.136 e. The van der Waals surface area contributed by atoms with Gasteiger partial charge < -0.3 is 14.5 Å². The highest BCUT2D eigenvalue weighted by atomic mass is 16.5. The molecule has 3 heteroatoms. The Labute approximate surface area is 367 Å². The van der Waals surface area contributed by atoms with E-state index in [0.717, 1.165) is 67.5 Å². The van der Waals surface area contributed by atoms with Crippen LogP contribution in [0.2, 0.25) is 0 Å². The third-order valence-corrected chi connectivity index (χ3v) is 12.4. The molecule has 1 heterocycles. The van der Waals surface area contributed by atoms with Crippen LogP contribution < -0.4 is 14.5 Å². The lowest BCUT2D eigenvalue weighted by molar-refractivity contribution is 0.487. The first-order valence-electron chi connectivity index (χ1n) is 21.5. The predicted molar refractivity (Wildman–Crippen MR) is 265 cm³/mol. The van der Waals surface area contributed by atoms with Crippen LogP contribution in [0.15, 0.2) is 243 Å². The third kappa shape index (κ3) is 6.38. The summed E-state index contributed by atoms with van der Waals surface area (Å²) in [6.07, 6.45) is 0. The van der Waals surface area contributed by atoms with E-state index in [1.54, 1.807) is 0 Å². The molecule has 0 spiro atoms. The summed E-state index contributed by atoms with van der Waals surface area (Å²) in [5.41, 5.74) is 13.5. The molecule has 1 aliphatic heterocycles. The second-order valence-corrected chi connectivity index (χ2v) is 16.1. The fourth-order valence-corrected chi connectivity index (χ4v) is 9.50. The Kier molecular flexibility index (Phi) is 8.83. The molecule has 296 valence electrons. The van der Waals surface area contributed by atoms with Crippen LogP contribution in [0.4, 0.5) is 34.1 Å². The predicted octanol–water partition coefficient (Wildman–Crippen LogP) is 17.2. The van der Waals surface area contributed by atoms with E-state index in [0.29, 0.717) is 0 Å². The van der Waals surface area contributed by atoms with Crippen molar-refractivity contribution in [2.45, 2.75) is 0 Å². The van der Waals surface area contributed by atoms with Crippen LogP contribution in [-0.4, -0.2) is 0 Å².